The fourth-order valence-corrected chi connectivity index (χ4v) is 4.84. The molecule has 1 aromatic heterocycles. The lowest BCUT2D eigenvalue weighted by Gasteiger charge is -2.40. The number of nitrogens with zero attached hydrogens (tertiary/aromatic N) is 4. The topological polar surface area (TPSA) is 82.8 Å². The summed E-state index contributed by atoms with van der Waals surface area (Å²) in [6.07, 6.45) is 6.57. The molecular weight excluding hydrogens is 362 g/mol. The first kappa shape index (κ1) is 19.8. The minimum atomic E-state index is -0.0391. The molecule has 1 fully saturated rings. The van der Waals surface area contributed by atoms with Crippen molar-refractivity contribution in [2.45, 2.75) is 55.8 Å². The second-order valence-electron chi connectivity index (χ2n) is 7.88. The van der Waals surface area contributed by atoms with Gasteiger partial charge in [0.25, 0.3) is 0 Å². The number of aromatic nitrogens is 2. The van der Waals surface area contributed by atoms with Crippen LogP contribution in [-0.2, 0) is 7.05 Å². The zero-order valence-electron chi connectivity index (χ0n) is 16.5. The number of allylic oxidation sites excluding steroid dienone is 1. The van der Waals surface area contributed by atoms with E-state index in [-0.39, 0.29) is 16.7 Å². The predicted molar refractivity (Wildman–Crippen MR) is 108 cm³/mol. The molecule has 1 unspecified atom stereocenters. The number of aliphatic imine (C=N–C) groups is 1. The van der Waals surface area contributed by atoms with Gasteiger partial charge in [-0.25, -0.2) is 4.79 Å². The van der Waals surface area contributed by atoms with Gasteiger partial charge >= 0.3 is 6.03 Å². The highest BCUT2D eigenvalue weighted by atomic mass is 32.2. The molecule has 1 saturated heterocycles. The lowest BCUT2D eigenvalue weighted by molar-refractivity contribution is 0.164. The van der Waals surface area contributed by atoms with Gasteiger partial charge in [-0.1, -0.05) is 19.9 Å². The molecule has 148 valence electrons. The molecule has 0 aromatic carbocycles. The molecule has 2 aliphatic heterocycles. The molecule has 0 bridgehead atoms. The third-order valence-corrected chi connectivity index (χ3v) is 6.81. The molecule has 0 radical (unpaired) electrons. The van der Waals surface area contributed by atoms with E-state index in [1.54, 1.807) is 28.7 Å². The van der Waals surface area contributed by atoms with Crippen molar-refractivity contribution >= 4 is 24.0 Å². The summed E-state index contributed by atoms with van der Waals surface area (Å²) in [7, 11) is 1.84. The summed E-state index contributed by atoms with van der Waals surface area (Å²) in [6, 6.07) is 1.96. The van der Waals surface area contributed by atoms with Crippen LogP contribution in [0, 0.1) is 5.92 Å². The number of dihydropyridines is 1. The van der Waals surface area contributed by atoms with Crippen LogP contribution in [0.4, 0.5) is 4.79 Å². The second kappa shape index (κ2) is 7.96. The number of urea groups is 1. The maximum absolute atomic E-state index is 12.5. The molecule has 0 aliphatic carbocycles. The molecule has 2 N–H and O–H groups in total. The Kier molecular flexibility index (Phi) is 5.83. The average molecular weight is 392 g/mol. The van der Waals surface area contributed by atoms with Crippen molar-refractivity contribution in [3.05, 3.63) is 17.8 Å². The van der Waals surface area contributed by atoms with Crippen molar-refractivity contribution in [3.8, 4) is 5.88 Å². The van der Waals surface area contributed by atoms with Crippen LogP contribution in [-0.4, -0.2) is 55.9 Å². The van der Waals surface area contributed by atoms with E-state index in [9.17, 15) is 9.90 Å². The number of likely N-dealkylation sites (tertiary alicyclic amines) is 1. The molecule has 7 nitrogen and oxygen atoms in total. The molecular formula is C19H29N5O2S. The molecule has 1 aromatic rings. The van der Waals surface area contributed by atoms with Crippen LogP contribution in [0.2, 0.25) is 0 Å². The average Bonchev–Trinajstić information content (AvgIpc) is 2.93. The minimum absolute atomic E-state index is 0.00249. The van der Waals surface area contributed by atoms with Gasteiger partial charge in [0.15, 0.2) is 0 Å². The fourth-order valence-electron chi connectivity index (χ4n) is 3.57. The Hall–Kier alpha value is -1.96. The number of carbonyl (C=O) groups is 1. The van der Waals surface area contributed by atoms with E-state index in [0.717, 1.165) is 43.1 Å². The molecule has 1 atom stereocenters. The third kappa shape index (κ3) is 4.86. The van der Waals surface area contributed by atoms with Crippen LogP contribution in [0.5, 0.6) is 5.88 Å². The van der Waals surface area contributed by atoms with Crippen molar-refractivity contribution < 1.29 is 9.90 Å². The summed E-state index contributed by atoms with van der Waals surface area (Å²) in [4.78, 5) is 18.7. The Bertz CT molecular complexity index is 747. The first-order valence-electron chi connectivity index (χ1n) is 9.46. The highest BCUT2D eigenvalue weighted by molar-refractivity contribution is 8.00. The lowest BCUT2D eigenvalue weighted by atomic mass is 9.86. The van der Waals surface area contributed by atoms with E-state index < -0.39 is 0 Å². The smallest absolute Gasteiger partial charge is 0.321 e. The van der Waals surface area contributed by atoms with Crippen molar-refractivity contribution in [3.63, 3.8) is 0 Å². The van der Waals surface area contributed by atoms with Gasteiger partial charge in [0.1, 0.15) is 0 Å². The number of aromatic hydroxyl groups is 1. The van der Waals surface area contributed by atoms with Crippen LogP contribution in [0.15, 0.2) is 27.9 Å². The Labute approximate surface area is 164 Å². The highest BCUT2D eigenvalue weighted by Crippen LogP contribution is 2.43. The minimum Gasteiger partial charge on any atom is -0.492 e. The van der Waals surface area contributed by atoms with Crippen LogP contribution < -0.4 is 5.32 Å². The third-order valence-electron chi connectivity index (χ3n) is 5.36. The SMILES string of the molecule is CC1CC=C(NC(=O)N2CCC(C(C)(C)Sc3cc(O)nn3C)CC2)C=N1. The quantitative estimate of drug-likeness (QED) is 0.773. The second-order valence-corrected chi connectivity index (χ2v) is 9.56. The number of amides is 2. The van der Waals surface area contributed by atoms with Gasteiger partial charge in [-0.05, 0) is 32.1 Å². The maximum atomic E-state index is 12.5. The summed E-state index contributed by atoms with van der Waals surface area (Å²) in [5, 5.41) is 17.5. The Balaban J connectivity index is 1.52. The van der Waals surface area contributed by atoms with Crippen molar-refractivity contribution in [2.24, 2.45) is 18.0 Å². The number of hydrogen-bond donors (Lipinski definition) is 2. The van der Waals surface area contributed by atoms with Gasteiger partial charge < -0.3 is 15.3 Å². The van der Waals surface area contributed by atoms with E-state index in [2.05, 4.69) is 36.2 Å². The van der Waals surface area contributed by atoms with Gasteiger partial charge in [0, 0.05) is 37.2 Å². The van der Waals surface area contributed by atoms with Gasteiger partial charge in [-0.2, -0.15) is 0 Å². The van der Waals surface area contributed by atoms with Gasteiger partial charge in [0.05, 0.1) is 16.8 Å². The lowest BCUT2D eigenvalue weighted by Crippen LogP contribution is -2.47. The summed E-state index contributed by atoms with van der Waals surface area (Å²) < 4.78 is 1.71. The zero-order valence-corrected chi connectivity index (χ0v) is 17.3. The van der Waals surface area contributed by atoms with Gasteiger partial charge in [-0.3, -0.25) is 9.67 Å². The molecule has 3 rings (SSSR count). The number of carbonyl (C=O) groups excluding carboxylic acids is 1. The van der Waals surface area contributed by atoms with E-state index in [4.69, 9.17) is 0 Å². The first-order valence-corrected chi connectivity index (χ1v) is 10.3. The normalized spacial score (nSPS) is 21.3. The van der Waals surface area contributed by atoms with E-state index >= 15 is 0 Å². The summed E-state index contributed by atoms with van der Waals surface area (Å²) in [5.74, 6) is 0.539. The molecule has 8 heteroatoms. The molecule has 0 spiro atoms. The van der Waals surface area contributed by atoms with Gasteiger partial charge in [0.2, 0.25) is 5.88 Å². The van der Waals surface area contributed by atoms with Crippen LogP contribution in [0.25, 0.3) is 0 Å². The molecule has 2 amide bonds. The number of hydrogen-bond acceptors (Lipinski definition) is 5. The first-order chi connectivity index (χ1) is 12.7. The highest BCUT2D eigenvalue weighted by Gasteiger charge is 2.35. The zero-order chi connectivity index (χ0) is 19.6. The largest absolute Gasteiger partial charge is 0.492 e. The number of nitrogens with one attached hydrogen (secondary N) is 1. The van der Waals surface area contributed by atoms with E-state index in [0.29, 0.717) is 12.0 Å². The number of aryl methyl sites for hydroxylation is 1. The predicted octanol–water partition coefficient (Wildman–Crippen LogP) is 3.16. The molecule has 0 saturated carbocycles. The van der Waals surface area contributed by atoms with Crippen molar-refractivity contribution in [1.29, 1.82) is 0 Å². The monoisotopic (exact) mass is 391 g/mol. The molecule has 3 heterocycles. The van der Waals surface area contributed by atoms with Gasteiger partial charge in [-0.15, -0.1) is 16.9 Å². The standard InChI is InChI=1S/C19H29N5O2S/c1-13-5-6-15(12-20-13)21-18(26)24-9-7-14(8-10-24)19(2,3)27-17-11-16(25)22-23(17)4/h6,11-14H,5,7-10H2,1-4H3,(H,21,26)(H,22,25). The van der Waals surface area contributed by atoms with Crippen molar-refractivity contribution in [2.75, 3.05) is 13.1 Å². The molecule has 2 aliphatic rings. The number of rotatable bonds is 4. The molecule has 27 heavy (non-hydrogen) atoms. The Morgan fingerprint density at radius 1 is 1.37 bits per heavy atom. The van der Waals surface area contributed by atoms with Crippen LogP contribution in [0.3, 0.4) is 0 Å². The number of thioether (sulfide) groups is 1. The maximum Gasteiger partial charge on any atom is 0.321 e. The van der Waals surface area contributed by atoms with E-state index in [1.165, 1.54) is 0 Å². The van der Waals surface area contributed by atoms with E-state index in [1.807, 2.05) is 18.0 Å². The van der Waals surface area contributed by atoms with Crippen LogP contribution >= 0.6 is 11.8 Å². The summed E-state index contributed by atoms with van der Waals surface area (Å²) in [6.45, 7) is 8.01. The van der Waals surface area contributed by atoms with Crippen molar-refractivity contribution in [1.82, 2.24) is 20.0 Å². The summed E-state index contributed by atoms with van der Waals surface area (Å²) >= 11 is 1.73. The fraction of sp³-hybridized carbons (Fsp3) is 0.632. The Morgan fingerprint density at radius 2 is 2.07 bits per heavy atom. The summed E-state index contributed by atoms with van der Waals surface area (Å²) in [5.41, 5.74) is 0.798. The number of piperidine rings is 1. The Morgan fingerprint density at radius 3 is 2.63 bits per heavy atom. The van der Waals surface area contributed by atoms with Crippen LogP contribution in [0.1, 0.15) is 40.0 Å².